The highest BCUT2D eigenvalue weighted by molar-refractivity contribution is 6.18. The van der Waals surface area contributed by atoms with Crippen LogP contribution in [0.1, 0.15) is 19.4 Å². The van der Waals surface area contributed by atoms with Crippen molar-refractivity contribution in [3.63, 3.8) is 0 Å². The van der Waals surface area contributed by atoms with Gasteiger partial charge in [-0.15, -0.1) is 0 Å². The Hall–Kier alpha value is -9.16. The third kappa shape index (κ3) is 9.77. The number of hydrogen-bond donors (Lipinski definition) is 0. The van der Waals surface area contributed by atoms with E-state index < -0.39 is 0 Å². The van der Waals surface area contributed by atoms with Crippen LogP contribution in [0.4, 0.5) is 11.4 Å². The zero-order chi connectivity index (χ0) is 50.8. The van der Waals surface area contributed by atoms with E-state index in [0.717, 1.165) is 44.8 Å². The lowest BCUT2D eigenvalue weighted by Crippen LogP contribution is -2.22. The van der Waals surface area contributed by atoms with Crippen molar-refractivity contribution in [2.24, 2.45) is 0 Å². The van der Waals surface area contributed by atoms with Crippen LogP contribution in [0.15, 0.2) is 266 Å². The lowest BCUT2D eigenvalue weighted by molar-refractivity contribution is 0.277. The molecular formula is C69H57N3O2. The fraction of sp³-hybridized carbons (Fsp3) is 0.0725. The highest BCUT2D eigenvalue weighted by Crippen LogP contribution is 2.50. The van der Waals surface area contributed by atoms with Crippen LogP contribution in [0, 0.1) is 0 Å². The van der Waals surface area contributed by atoms with Crippen molar-refractivity contribution in [3.8, 4) is 61.3 Å². The average Bonchev–Trinajstić information content (AvgIpc) is 3.48. The van der Waals surface area contributed by atoms with E-state index in [2.05, 4.69) is 197 Å². The van der Waals surface area contributed by atoms with Gasteiger partial charge in [0.1, 0.15) is 0 Å². The topological polar surface area (TPSA) is 47.4 Å². The van der Waals surface area contributed by atoms with Gasteiger partial charge in [-0.2, -0.15) is 0 Å². The zero-order valence-corrected chi connectivity index (χ0v) is 42.2. The molecule has 74 heavy (non-hydrogen) atoms. The second-order valence-corrected chi connectivity index (χ2v) is 17.9. The summed E-state index contributed by atoms with van der Waals surface area (Å²) in [4.78, 5) is 20.2. The number of para-hydroxylation sites is 1. The van der Waals surface area contributed by atoms with E-state index in [1.165, 1.54) is 72.6 Å². The fourth-order valence-corrected chi connectivity index (χ4v) is 10.1. The molecule has 0 spiro atoms. The summed E-state index contributed by atoms with van der Waals surface area (Å²) in [6, 6.07) is 89.3. The number of hydrogen-bond acceptors (Lipinski definition) is 4. The molecule has 5 heteroatoms. The van der Waals surface area contributed by atoms with Gasteiger partial charge in [-0.3, -0.25) is 14.3 Å². The standard InChI is InChI=1S/C43H31N.C22H14N2O.C2H6O.C2H6/c1-5-15-31(16-6-1)36-25-37(32-17-7-2-8-18-32)27-39(26-36)44-30-35-23-13-14-24-40(35)43-41(34-21-11-4-12-22-34)28-38(29-42(43)44)33-19-9-3-10-20-33;25-22-17-10-5-4-9-16(17)21-18-11-6-14-23-19(18)12-13-20(21)24(22)15-7-2-1-3-8-15;1-3-2;1-2/h1-29H,30H2;1-14H;1-2H3;1-2H3. The smallest absolute Gasteiger partial charge is 0.263 e. The molecule has 360 valence electrons. The van der Waals surface area contributed by atoms with Crippen LogP contribution in [-0.4, -0.2) is 23.8 Å². The molecule has 0 bridgehead atoms. The Kier molecular flexibility index (Phi) is 14.7. The van der Waals surface area contributed by atoms with Crippen molar-refractivity contribution >= 4 is 44.0 Å². The molecule has 0 saturated carbocycles. The summed E-state index contributed by atoms with van der Waals surface area (Å²) >= 11 is 0. The molecule has 13 rings (SSSR count). The Labute approximate surface area is 433 Å². The number of pyridine rings is 2. The average molecular weight is 960 g/mol. The van der Waals surface area contributed by atoms with E-state index in [0.29, 0.717) is 0 Å². The molecule has 1 aliphatic rings. The minimum Gasteiger partial charge on any atom is -0.388 e. The second kappa shape index (κ2) is 22.5. The maximum absolute atomic E-state index is 13.2. The molecule has 5 nitrogen and oxygen atoms in total. The first-order chi connectivity index (χ1) is 36.6. The molecular weight excluding hydrogens is 903 g/mol. The first-order valence-electron chi connectivity index (χ1n) is 25.3. The highest BCUT2D eigenvalue weighted by Gasteiger charge is 2.28. The number of ether oxygens (including phenoxy) is 1. The number of anilines is 2. The van der Waals surface area contributed by atoms with Gasteiger partial charge in [-0.1, -0.05) is 202 Å². The summed E-state index contributed by atoms with van der Waals surface area (Å²) in [6.45, 7) is 4.79. The van der Waals surface area contributed by atoms with Gasteiger partial charge in [-0.25, -0.2) is 0 Å². The number of fused-ring (bicyclic) bond motifs is 8. The highest BCUT2D eigenvalue weighted by atomic mass is 16.4. The van der Waals surface area contributed by atoms with Crippen LogP contribution >= 0.6 is 0 Å². The molecule has 3 heterocycles. The number of benzene rings is 10. The molecule has 12 aromatic rings. The van der Waals surface area contributed by atoms with E-state index in [-0.39, 0.29) is 5.56 Å². The van der Waals surface area contributed by atoms with Crippen molar-refractivity contribution in [2.45, 2.75) is 20.4 Å². The van der Waals surface area contributed by atoms with Gasteiger partial charge in [0.2, 0.25) is 0 Å². The van der Waals surface area contributed by atoms with Gasteiger partial charge in [-0.05, 0) is 128 Å². The Morgan fingerprint density at radius 1 is 0.419 bits per heavy atom. The third-order valence-corrected chi connectivity index (χ3v) is 13.3. The van der Waals surface area contributed by atoms with Crippen molar-refractivity contribution in [1.82, 2.24) is 9.55 Å². The monoisotopic (exact) mass is 959 g/mol. The molecule has 0 aliphatic carbocycles. The van der Waals surface area contributed by atoms with E-state index in [1.54, 1.807) is 25.0 Å². The summed E-state index contributed by atoms with van der Waals surface area (Å²) < 4.78 is 6.05. The van der Waals surface area contributed by atoms with E-state index in [1.807, 2.05) is 86.6 Å². The second-order valence-electron chi connectivity index (χ2n) is 17.9. The number of methoxy groups -OCH3 is 1. The summed E-state index contributed by atoms with van der Waals surface area (Å²) in [5.41, 5.74) is 18.8. The number of nitrogens with zero attached hydrogens (tertiary/aromatic N) is 3. The van der Waals surface area contributed by atoms with Crippen LogP contribution in [-0.2, 0) is 11.3 Å². The summed E-state index contributed by atoms with van der Waals surface area (Å²) in [5, 5.41) is 3.80. The quantitative estimate of drug-likeness (QED) is 0.156. The predicted molar refractivity (Wildman–Crippen MR) is 313 cm³/mol. The Bertz CT molecular complexity index is 3840. The van der Waals surface area contributed by atoms with Crippen LogP contribution in [0.25, 0.3) is 93.9 Å². The van der Waals surface area contributed by atoms with Gasteiger partial charge >= 0.3 is 0 Å². The van der Waals surface area contributed by atoms with E-state index in [9.17, 15) is 4.79 Å². The largest absolute Gasteiger partial charge is 0.388 e. The molecule has 0 N–H and O–H groups in total. The first kappa shape index (κ1) is 48.5. The van der Waals surface area contributed by atoms with Gasteiger partial charge in [0, 0.05) is 60.1 Å². The SMILES string of the molecule is CC.COC.O=c1c2ccccc2c2c3cccnc3ccc2n1-c1ccccc1.c1ccc(-c2cc(-c3ccccc3)cc(N3Cc4ccccc4-c4c(-c5ccccc5)cc(-c5ccccc5)cc43)c2)cc1. The fourth-order valence-electron chi connectivity index (χ4n) is 10.1. The van der Waals surface area contributed by atoms with Crippen molar-refractivity contribution in [1.29, 1.82) is 0 Å². The minimum atomic E-state index is -0.00228. The maximum atomic E-state index is 13.2. The normalized spacial score (nSPS) is 11.3. The molecule has 0 amide bonds. The van der Waals surface area contributed by atoms with Crippen LogP contribution in [0.3, 0.4) is 0 Å². The molecule has 1 aliphatic heterocycles. The lowest BCUT2D eigenvalue weighted by Gasteiger charge is -2.35. The molecule has 10 aromatic carbocycles. The number of rotatable bonds is 6. The molecule has 0 fully saturated rings. The molecule has 0 saturated heterocycles. The third-order valence-electron chi connectivity index (χ3n) is 13.3. The molecule has 0 radical (unpaired) electrons. The summed E-state index contributed by atoms with van der Waals surface area (Å²) in [7, 11) is 3.25. The summed E-state index contributed by atoms with van der Waals surface area (Å²) in [6.07, 6.45) is 1.80. The van der Waals surface area contributed by atoms with E-state index >= 15 is 0 Å². The van der Waals surface area contributed by atoms with Gasteiger partial charge in [0.25, 0.3) is 5.56 Å². The molecule has 0 unspecified atom stereocenters. The van der Waals surface area contributed by atoms with Gasteiger partial charge in [0.15, 0.2) is 0 Å². The van der Waals surface area contributed by atoms with Gasteiger partial charge < -0.3 is 9.64 Å². The first-order valence-corrected chi connectivity index (χ1v) is 25.3. The van der Waals surface area contributed by atoms with Crippen molar-refractivity contribution in [2.75, 3.05) is 19.1 Å². The Balaban J connectivity index is 0.000000176. The molecule has 0 atom stereocenters. The van der Waals surface area contributed by atoms with E-state index in [4.69, 9.17) is 0 Å². The molecule has 2 aromatic heterocycles. The van der Waals surface area contributed by atoms with Crippen LogP contribution < -0.4 is 10.5 Å². The number of aromatic nitrogens is 2. The minimum absolute atomic E-state index is 0.00228. The van der Waals surface area contributed by atoms with Crippen LogP contribution in [0.2, 0.25) is 0 Å². The maximum Gasteiger partial charge on any atom is 0.263 e. The zero-order valence-electron chi connectivity index (χ0n) is 42.2. The lowest BCUT2D eigenvalue weighted by atomic mass is 9.84. The summed E-state index contributed by atoms with van der Waals surface area (Å²) in [5.74, 6) is 0. The van der Waals surface area contributed by atoms with Crippen molar-refractivity contribution < 1.29 is 4.74 Å². The van der Waals surface area contributed by atoms with Crippen LogP contribution in [0.5, 0.6) is 0 Å². The predicted octanol–water partition coefficient (Wildman–Crippen LogP) is 17.7. The van der Waals surface area contributed by atoms with Crippen molar-refractivity contribution in [3.05, 3.63) is 277 Å². The Morgan fingerprint density at radius 3 is 1.50 bits per heavy atom. The van der Waals surface area contributed by atoms with Gasteiger partial charge in [0.05, 0.1) is 16.7 Å². The Morgan fingerprint density at radius 2 is 0.905 bits per heavy atom.